The van der Waals surface area contributed by atoms with Crippen LogP contribution in [0.2, 0.25) is 0 Å². The third kappa shape index (κ3) is 3.81. The van der Waals surface area contributed by atoms with Crippen molar-refractivity contribution in [3.8, 4) is 0 Å². The molecule has 0 radical (unpaired) electrons. The van der Waals surface area contributed by atoms with Crippen molar-refractivity contribution in [3.05, 3.63) is 0 Å². The Morgan fingerprint density at radius 2 is 1.88 bits per heavy atom. The summed E-state index contributed by atoms with van der Waals surface area (Å²) < 4.78 is 0. The molecule has 0 bridgehead atoms. The molecule has 0 aliphatic heterocycles. The van der Waals surface area contributed by atoms with E-state index in [9.17, 15) is 0 Å². The Morgan fingerprint density at radius 3 is 2.50 bits per heavy atom. The van der Waals surface area contributed by atoms with Crippen molar-refractivity contribution in [2.24, 2.45) is 0 Å². The zero-order valence-corrected chi connectivity index (χ0v) is 8.77. The van der Waals surface area contributed by atoms with E-state index < -0.39 is 0 Å². The maximum Gasteiger partial charge on any atom is 0.253 e. The van der Waals surface area contributed by atoms with Gasteiger partial charge in [0.15, 0.2) is 0 Å². The number of anilines is 3. The Hall–Kier alpha value is -1.71. The fraction of sp³-hybridized carbons (Fsp3) is 0.571. The number of aliphatic hydroxyl groups is 1. The van der Waals surface area contributed by atoms with Crippen molar-refractivity contribution in [2.75, 3.05) is 36.5 Å². The first-order valence-corrected chi connectivity index (χ1v) is 4.60. The van der Waals surface area contributed by atoms with Gasteiger partial charge in [0.1, 0.15) is 0 Å². The fourth-order valence-corrected chi connectivity index (χ4v) is 0.921. The Morgan fingerprint density at radius 1 is 1.19 bits per heavy atom. The summed E-state index contributed by atoms with van der Waals surface area (Å²) >= 11 is 0. The molecule has 0 saturated heterocycles. The van der Waals surface area contributed by atoms with Gasteiger partial charge in [-0.3, -0.25) is 10.0 Å². The van der Waals surface area contributed by atoms with E-state index >= 15 is 0 Å². The van der Waals surface area contributed by atoms with E-state index in [0.717, 1.165) is 0 Å². The molecule has 1 aromatic heterocycles. The van der Waals surface area contributed by atoms with E-state index in [2.05, 4.69) is 30.6 Å². The van der Waals surface area contributed by atoms with E-state index in [4.69, 9.17) is 10.3 Å². The van der Waals surface area contributed by atoms with Crippen LogP contribution in [0.15, 0.2) is 0 Å². The molecule has 0 amide bonds. The predicted octanol–water partition coefficient (Wildman–Crippen LogP) is -0.560. The van der Waals surface area contributed by atoms with Crippen LogP contribution in [0, 0.1) is 0 Å². The van der Waals surface area contributed by atoms with Gasteiger partial charge >= 0.3 is 0 Å². The first-order chi connectivity index (χ1) is 7.80. The van der Waals surface area contributed by atoms with Gasteiger partial charge in [-0.2, -0.15) is 15.0 Å². The van der Waals surface area contributed by atoms with Crippen LogP contribution in [-0.4, -0.2) is 45.5 Å². The monoisotopic (exact) mass is 230 g/mol. The summed E-state index contributed by atoms with van der Waals surface area (Å²) in [5.41, 5.74) is 4.22. The van der Waals surface area contributed by atoms with Crippen molar-refractivity contribution in [1.29, 1.82) is 0 Å². The molecule has 9 nitrogen and oxygen atoms in total. The summed E-state index contributed by atoms with van der Waals surface area (Å²) in [5, 5.41) is 20.1. The highest BCUT2D eigenvalue weighted by Gasteiger charge is 2.04. The van der Waals surface area contributed by atoms with Crippen LogP contribution in [0.5, 0.6) is 0 Å². The van der Waals surface area contributed by atoms with Crippen molar-refractivity contribution in [2.45, 2.75) is 6.42 Å². The second kappa shape index (κ2) is 6.71. The second-order valence-electron chi connectivity index (χ2n) is 2.73. The minimum absolute atomic E-state index is 0.0129. The molecule has 0 atom stereocenters. The number of hydrogen-bond acceptors (Lipinski definition) is 9. The summed E-state index contributed by atoms with van der Waals surface area (Å²) in [4.78, 5) is 16.2. The van der Waals surface area contributed by atoms with E-state index in [1.165, 1.54) is 7.11 Å². The molecular formula is C7H14N6O3. The summed E-state index contributed by atoms with van der Waals surface area (Å²) in [7, 11) is 1.41. The maximum absolute atomic E-state index is 8.69. The van der Waals surface area contributed by atoms with Crippen molar-refractivity contribution < 1.29 is 15.2 Å². The number of nitrogens with one attached hydrogen (secondary N) is 3. The molecule has 9 heteroatoms. The van der Waals surface area contributed by atoms with Gasteiger partial charge < -0.3 is 10.4 Å². The van der Waals surface area contributed by atoms with E-state index in [1.807, 2.05) is 5.48 Å². The lowest BCUT2D eigenvalue weighted by Crippen LogP contribution is -2.12. The summed E-state index contributed by atoms with van der Waals surface area (Å²) in [5.74, 6) is 0.404. The highest BCUT2D eigenvalue weighted by atomic mass is 16.6. The minimum Gasteiger partial charge on any atom is -0.396 e. The third-order valence-electron chi connectivity index (χ3n) is 1.55. The lowest BCUT2D eigenvalue weighted by atomic mass is 10.4. The van der Waals surface area contributed by atoms with Gasteiger partial charge in [-0.15, -0.1) is 0 Å². The Labute approximate surface area is 91.8 Å². The van der Waals surface area contributed by atoms with Crippen LogP contribution < -0.4 is 16.3 Å². The predicted molar refractivity (Wildman–Crippen MR) is 56.1 cm³/mol. The largest absolute Gasteiger partial charge is 0.396 e. The summed E-state index contributed by atoms with van der Waals surface area (Å²) in [6.45, 7) is 0.587. The topological polar surface area (TPSA) is 124 Å². The number of aliphatic hydroxyl groups excluding tert-OH is 1. The van der Waals surface area contributed by atoms with E-state index in [0.29, 0.717) is 13.0 Å². The SMILES string of the molecule is CONc1nc(NO)nc(NCCCO)n1. The van der Waals surface area contributed by atoms with Crippen LogP contribution in [-0.2, 0) is 4.84 Å². The lowest BCUT2D eigenvalue weighted by molar-refractivity contribution is 0.266. The van der Waals surface area contributed by atoms with Gasteiger partial charge in [0.25, 0.3) is 11.9 Å². The van der Waals surface area contributed by atoms with E-state index in [-0.39, 0.29) is 24.5 Å². The Kier molecular flexibility index (Phi) is 5.19. The van der Waals surface area contributed by atoms with Crippen LogP contribution in [0.3, 0.4) is 0 Å². The van der Waals surface area contributed by atoms with Gasteiger partial charge in [-0.05, 0) is 6.42 Å². The van der Waals surface area contributed by atoms with Gasteiger partial charge in [0, 0.05) is 13.2 Å². The molecule has 0 aliphatic rings. The van der Waals surface area contributed by atoms with Crippen LogP contribution in [0.25, 0.3) is 0 Å². The van der Waals surface area contributed by atoms with Gasteiger partial charge in [0.05, 0.1) is 7.11 Å². The van der Waals surface area contributed by atoms with Gasteiger partial charge in [0.2, 0.25) is 5.95 Å². The number of hydrogen-bond donors (Lipinski definition) is 5. The quantitative estimate of drug-likeness (QED) is 0.309. The molecular weight excluding hydrogens is 216 g/mol. The highest BCUT2D eigenvalue weighted by Crippen LogP contribution is 2.08. The van der Waals surface area contributed by atoms with Crippen molar-refractivity contribution >= 4 is 17.8 Å². The summed E-state index contributed by atoms with van der Waals surface area (Å²) in [6.07, 6.45) is 0.570. The zero-order valence-electron chi connectivity index (χ0n) is 8.77. The molecule has 1 rings (SSSR count). The van der Waals surface area contributed by atoms with E-state index in [1.54, 1.807) is 0 Å². The molecule has 0 aliphatic carbocycles. The molecule has 0 aromatic carbocycles. The lowest BCUT2D eigenvalue weighted by Gasteiger charge is -2.07. The maximum atomic E-state index is 8.69. The molecule has 0 saturated carbocycles. The molecule has 1 heterocycles. The zero-order chi connectivity index (χ0) is 11.8. The molecule has 5 N–H and O–H groups in total. The number of aromatic nitrogens is 3. The fourth-order valence-electron chi connectivity index (χ4n) is 0.921. The van der Waals surface area contributed by atoms with Crippen LogP contribution in [0.4, 0.5) is 17.8 Å². The second-order valence-corrected chi connectivity index (χ2v) is 2.73. The summed E-state index contributed by atoms with van der Waals surface area (Å²) in [6, 6.07) is 0. The van der Waals surface area contributed by atoms with Crippen molar-refractivity contribution in [3.63, 3.8) is 0 Å². The molecule has 0 fully saturated rings. The third-order valence-corrected chi connectivity index (χ3v) is 1.55. The first-order valence-electron chi connectivity index (χ1n) is 4.60. The van der Waals surface area contributed by atoms with Crippen LogP contribution >= 0.6 is 0 Å². The molecule has 90 valence electrons. The van der Waals surface area contributed by atoms with Crippen LogP contribution in [0.1, 0.15) is 6.42 Å². The number of nitrogens with zero attached hydrogens (tertiary/aromatic N) is 3. The standard InChI is InChI=1S/C7H14N6O3/c1-16-13-7-10-5(8-3-2-4-14)9-6(11-7)12-15/h14-15H,2-4H2,1H3,(H3,8,9,10,11,12,13). The smallest absolute Gasteiger partial charge is 0.253 e. The average Bonchev–Trinajstić information content (AvgIpc) is 2.29. The Balaban J connectivity index is 2.69. The minimum atomic E-state index is -0.0129. The highest BCUT2D eigenvalue weighted by molar-refractivity contribution is 5.39. The Bertz CT molecular complexity index is 323. The molecule has 16 heavy (non-hydrogen) atoms. The van der Waals surface area contributed by atoms with Crippen molar-refractivity contribution in [1.82, 2.24) is 15.0 Å². The molecule has 1 aromatic rings. The molecule has 0 unspecified atom stereocenters. The normalized spacial score (nSPS) is 9.94. The average molecular weight is 230 g/mol. The first kappa shape index (κ1) is 12.4. The number of rotatable bonds is 7. The van der Waals surface area contributed by atoms with Gasteiger partial charge in [-0.25, -0.2) is 11.0 Å². The molecule has 0 spiro atoms. The van der Waals surface area contributed by atoms with Gasteiger partial charge in [-0.1, -0.05) is 0 Å².